The van der Waals surface area contributed by atoms with E-state index in [4.69, 9.17) is 14.2 Å². The lowest BCUT2D eigenvalue weighted by molar-refractivity contribution is -0.167. The van der Waals surface area contributed by atoms with Gasteiger partial charge in [0.05, 0.1) is 0 Å². The van der Waals surface area contributed by atoms with Gasteiger partial charge in [0.1, 0.15) is 13.2 Å². The highest BCUT2D eigenvalue weighted by atomic mass is 16.6. The number of unbranched alkanes of at least 4 members (excludes halogenated alkanes) is 25. The monoisotopic (exact) mass is 1090 g/mol. The van der Waals surface area contributed by atoms with E-state index in [0.29, 0.717) is 19.3 Å². The number of ether oxygens (including phenoxy) is 3. The van der Waals surface area contributed by atoms with E-state index in [-0.39, 0.29) is 31.1 Å². The van der Waals surface area contributed by atoms with Crippen LogP contribution >= 0.6 is 0 Å². The van der Waals surface area contributed by atoms with Crippen LogP contribution in [0.1, 0.15) is 290 Å². The van der Waals surface area contributed by atoms with Gasteiger partial charge in [0.15, 0.2) is 6.10 Å². The van der Waals surface area contributed by atoms with Crippen molar-refractivity contribution in [1.82, 2.24) is 0 Å². The Labute approximate surface area is 487 Å². The van der Waals surface area contributed by atoms with Gasteiger partial charge in [-0.25, -0.2) is 0 Å². The van der Waals surface area contributed by atoms with Crippen LogP contribution in [-0.4, -0.2) is 37.2 Å². The minimum absolute atomic E-state index is 0.0951. The predicted octanol–water partition coefficient (Wildman–Crippen LogP) is 22.5. The molecule has 0 aromatic heterocycles. The summed E-state index contributed by atoms with van der Waals surface area (Å²) in [5.41, 5.74) is 0. The predicted molar refractivity (Wildman–Crippen MR) is 343 cm³/mol. The number of allylic oxidation sites excluding steroid dienone is 22. The van der Waals surface area contributed by atoms with Crippen LogP contribution in [0.5, 0.6) is 0 Å². The van der Waals surface area contributed by atoms with Gasteiger partial charge in [0, 0.05) is 19.3 Å². The summed E-state index contributed by atoms with van der Waals surface area (Å²) >= 11 is 0. The molecule has 6 heteroatoms. The lowest BCUT2D eigenvalue weighted by Gasteiger charge is -2.18. The average Bonchev–Trinajstić information content (AvgIpc) is 3.45. The van der Waals surface area contributed by atoms with Gasteiger partial charge in [-0.15, -0.1) is 0 Å². The zero-order chi connectivity index (χ0) is 57.1. The normalized spacial score (nSPS) is 13.0. The van der Waals surface area contributed by atoms with Crippen LogP contribution in [0.15, 0.2) is 134 Å². The van der Waals surface area contributed by atoms with Gasteiger partial charge >= 0.3 is 17.9 Å². The molecule has 0 aliphatic rings. The summed E-state index contributed by atoms with van der Waals surface area (Å²) < 4.78 is 16.9. The topological polar surface area (TPSA) is 78.9 Å². The molecule has 1 unspecified atom stereocenters. The molecule has 0 amide bonds. The van der Waals surface area contributed by atoms with E-state index in [1.807, 2.05) is 0 Å². The second-order valence-electron chi connectivity index (χ2n) is 21.3. The largest absolute Gasteiger partial charge is 0.462 e. The molecule has 0 rings (SSSR count). The summed E-state index contributed by atoms with van der Waals surface area (Å²) in [6, 6.07) is 0. The van der Waals surface area contributed by atoms with E-state index in [1.54, 1.807) is 0 Å². The lowest BCUT2D eigenvalue weighted by Crippen LogP contribution is -2.30. The summed E-state index contributed by atoms with van der Waals surface area (Å²) in [4.78, 5) is 38.4. The zero-order valence-corrected chi connectivity index (χ0v) is 51.3. The maximum absolute atomic E-state index is 12.9. The first-order valence-electron chi connectivity index (χ1n) is 32.7. The highest BCUT2D eigenvalue weighted by molar-refractivity contribution is 5.71. The Kier molecular flexibility index (Phi) is 62.3. The minimum atomic E-state index is -0.802. The number of carbonyl (C=O) groups excluding carboxylic acids is 3. The van der Waals surface area contributed by atoms with Crippen molar-refractivity contribution in [2.75, 3.05) is 13.2 Å². The summed E-state index contributed by atoms with van der Waals surface area (Å²) in [6.07, 6.45) is 93.0. The smallest absolute Gasteiger partial charge is 0.306 e. The standard InChI is InChI=1S/C73H120O6/c1-4-7-10-13-16-19-22-25-28-31-33-35-36-38-39-42-45-48-51-54-57-60-63-66-72(75)78-69-70(68-77-71(74)65-62-59-56-53-50-47-44-41-30-27-24-21-18-15-12-9-6-3)79-73(76)67-64-61-58-55-52-49-46-43-40-37-34-32-29-26-23-20-17-14-11-8-5-2/h7-8,10-11,16-17,19-20,25-30,33-35,37-39,45,48,70H,4-6,9,12-15,18,21-24,31-32,36,40-44,46-47,49-69H2,1-3H3/b10-7-,11-8-,19-16-,20-17-,28-25-,29-26-,30-27-,35-33-,37-34-,39-38-,48-45-. The fraction of sp³-hybridized carbons (Fsp3) is 0.658. The Hall–Kier alpha value is -4.45. The van der Waals surface area contributed by atoms with Crippen molar-refractivity contribution in [3.63, 3.8) is 0 Å². The van der Waals surface area contributed by atoms with Crippen LogP contribution in [0.4, 0.5) is 0 Å². The van der Waals surface area contributed by atoms with E-state index >= 15 is 0 Å². The second-order valence-corrected chi connectivity index (χ2v) is 21.3. The Morgan fingerprint density at radius 3 is 0.785 bits per heavy atom. The second kappa shape index (κ2) is 66.1. The SMILES string of the molecule is CC/C=C\C/C=C\C/C=C\C/C=C\C/C=C\C/C=C\CCCCCCC(=O)OCC(COC(=O)CCCCCCCCC/C=C\CCCCCCCC)OC(=O)CCCCCCCCCC/C=C\C/C=C\C/C=C\C/C=C\CC. The molecule has 0 fully saturated rings. The van der Waals surface area contributed by atoms with Crippen molar-refractivity contribution >= 4 is 17.9 Å². The van der Waals surface area contributed by atoms with Crippen LogP contribution in [0.2, 0.25) is 0 Å². The summed E-state index contributed by atoms with van der Waals surface area (Å²) in [5, 5.41) is 0. The number of rotatable bonds is 58. The first-order chi connectivity index (χ1) is 39.0. The molecule has 1 atom stereocenters. The van der Waals surface area contributed by atoms with Gasteiger partial charge in [0.2, 0.25) is 0 Å². The molecule has 0 aliphatic heterocycles. The number of esters is 3. The summed E-state index contributed by atoms with van der Waals surface area (Å²) in [7, 11) is 0. The third kappa shape index (κ3) is 64.3. The van der Waals surface area contributed by atoms with Crippen molar-refractivity contribution in [1.29, 1.82) is 0 Å². The molecule has 0 radical (unpaired) electrons. The number of hydrogen-bond acceptors (Lipinski definition) is 6. The molecule has 79 heavy (non-hydrogen) atoms. The van der Waals surface area contributed by atoms with Crippen LogP contribution in [-0.2, 0) is 28.6 Å². The Balaban J connectivity index is 4.48. The van der Waals surface area contributed by atoms with E-state index in [1.165, 1.54) is 109 Å². The van der Waals surface area contributed by atoms with E-state index in [0.717, 1.165) is 141 Å². The average molecular weight is 1090 g/mol. The van der Waals surface area contributed by atoms with Gasteiger partial charge in [-0.3, -0.25) is 14.4 Å². The van der Waals surface area contributed by atoms with E-state index in [2.05, 4.69) is 154 Å². The molecule has 448 valence electrons. The molecule has 0 aromatic rings. The molecule has 0 bridgehead atoms. The van der Waals surface area contributed by atoms with Crippen LogP contribution < -0.4 is 0 Å². The third-order valence-electron chi connectivity index (χ3n) is 13.6. The molecule has 0 saturated heterocycles. The molecule has 0 aliphatic carbocycles. The Morgan fingerprint density at radius 1 is 0.266 bits per heavy atom. The van der Waals surface area contributed by atoms with E-state index in [9.17, 15) is 14.4 Å². The maximum Gasteiger partial charge on any atom is 0.306 e. The fourth-order valence-corrected chi connectivity index (χ4v) is 8.79. The van der Waals surface area contributed by atoms with Crippen LogP contribution in [0.25, 0.3) is 0 Å². The van der Waals surface area contributed by atoms with Crippen molar-refractivity contribution in [3.8, 4) is 0 Å². The zero-order valence-electron chi connectivity index (χ0n) is 51.3. The first kappa shape index (κ1) is 74.5. The summed E-state index contributed by atoms with van der Waals surface area (Å²) in [6.45, 7) is 6.39. The lowest BCUT2D eigenvalue weighted by atomic mass is 10.1. The number of hydrogen-bond donors (Lipinski definition) is 0. The number of carbonyl (C=O) groups is 3. The fourth-order valence-electron chi connectivity index (χ4n) is 8.79. The molecule has 0 saturated carbocycles. The molecule has 0 spiro atoms. The molecule has 6 nitrogen and oxygen atoms in total. The maximum atomic E-state index is 12.9. The summed E-state index contributed by atoms with van der Waals surface area (Å²) in [5.74, 6) is -0.929. The highest BCUT2D eigenvalue weighted by Gasteiger charge is 2.19. The highest BCUT2D eigenvalue weighted by Crippen LogP contribution is 2.15. The van der Waals surface area contributed by atoms with Crippen molar-refractivity contribution < 1.29 is 28.6 Å². The molecule has 0 aromatic carbocycles. The third-order valence-corrected chi connectivity index (χ3v) is 13.6. The molecular formula is C73H120O6. The van der Waals surface area contributed by atoms with Gasteiger partial charge in [-0.05, 0) is 135 Å². The Morgan fingerprint density at radius 2 is 0.494 bits per heavy atom. The van der Waals surface area contributed by atoms with Crippen molar-refractivity contribution in [2.45, 2.75) is 297 Å². The van der Waals surface area contributed by atoms with Gasteiger partial charge < -0.3 is 14.2 Å². The van der Waals surface area contributed by atoms with Gasteiger partial charge in [-0.1, -0.05) is 270 Å². The Bertz CT molecular complexity index is 1680. The van der Waals surface area contributed by atoms with Crippen LogP contribution in [0.3, 0.4) is 0 Å². The quantitative estimate of drug-likeness (QED) is 0.0261. The molecule has 0 heterocycles. The minimum Gasteiger partial charge on any atom is -0.462 e. The molecule has 0 N–H and O–H groups in total. The van der Waals surface area contributed by atoms with Crippen molar-refractivity contribution in [2.24, 2.45) is 0 Å². The first-order valence-corrected chi connectivity index (χ1v) is 32.7. The van der Waals surface area contributed by atoms with Gasteiger partial charge in [-0.2, -0.15) is 0 Å². The van der Waals surface area contributed by atoms with E-state index < -0.39 is 6.10 Å². The van der Waals surface area contributed by atoms with Crippen molar-refractivity contribution in [3.05, 3.63) is 134 Å². The molecular weight excluding hydrogens is 973 g/mol. The van der Waals surface area contributed by atoms with Gasteiger partial charge in [0.25, 0.3) is 0 Å². The van der Waals surface area contributed by atoms with Crippen LogP contribution in [0, 0.1) is 0 Å².